The third-order valence-corrected chi connectivity index (χ3v) is 5.65. The molecule has 166 valence electrons. The minimum atomic E-state index is -0.756. The van der Waals surface area contributed by atoms with Crippen molar-refractivity contribution >= 4 is 51.6 Å². The first kappa shape index (κ1) is 22.8. The van der Waals surface area contributed by atoms with E-state index >= 15 is 0 Å². The van der Waals surface area contributed by atoms with Crippen LogP contribution in [0.2, 0.25) is 0 Å². The third-order valence-electron chi connectivity index (χ3n) is 4.52. The second-order valence-corrected chi connectivity index (χ2v) is 7.55. The van der Waals surface area contributed by atoms with Crippen molar-refractivity contribution in [2.75, 3.05) is 18.5 Å². The summed E-state index contributed by atoms with van der Waals surface area (Å²) in [5.74, 6) is -1.18. The van der Waals surface area contributed by atoms with Crippen molar-refractivity contribution in [3.63, 3.8) is 0 Å². The number of benzene rings is 1. The number of hydrogen-bond donors (Lipinski definition) is 2. The van der Waals surface area contributed by atoms with Gasteiger partial charge >= 0.3 is 11.9 Å². The van der Waals surface area contributed by atoms with Crippen LogP contribution in [0.25, 0.3) is 22.7 Å². The zero-order chi connectivity index (χ0) is 23.3. The van der Waals surface area contributed by atoms with Crippen LogP contribution in [0.3, 0.4) is 0 Å². The van der Waals surface area contributed by atoms with Crippen molar-refractivity contribution in [2.45, 2.75) is 27.3 Å². The largest absolute Gasteiger partial charge is 0.462 e. The van der Waals surface area contributed by atoms with Crippen LogP contribution in [-0.2, 0) is 20.8 Å². The van der Waals surface area contributed by atoms with Crippen LogP contribution in [0.4, 0.5) is 5.69 Å². The Morgan fingerprint density at radius 3 is 2.62 bits per heavy atom. The van der Waals surface area contributed by atoms with Crippen LogP contribution in [0.1, 0.15) is 31.3 Å². The molecule has 0 saturated heterocycles. The Hall–Kier alpha value is -3.84. The number of fused-ring (bicyclic) bond motifs is 1. The average Bonchev–Trinajstić information content (AvgIpc) is 3.34. The summed E-state index contributed by atoms with van der Waals surface area (Å²) in [6, 6.07) is 8.97. The summed E-state index contributed by atoms with van der Waals surface area (Å²) in [6.45, 7) is 5.87. The van der Waals surface area contributed by atoms with Gasteiger partial charge in [0.25, 0.3) is 5.56 Å². The highest BCUT2D eigenvalue weighted by Gasteiger charge is 2.16. The Labute approximate surface area is 187 Å². The van der Waals surface area contributed by atoms with Gasteiger partial charge in [0.05, 0.1) is 13.2 Å². The molecule has 0 aliphatic heterocycles. The van der Waals surface area contributed by atoms with Crippen LogP contribution >= 0.6 is 11.3 Å². The number of aromatic amines is 1. The summed E-state index contributed by atoms with van der Waals surface area (Å²) in [5, 5.41) is 13.3. The molecule has 0 bridgehead atoms. The lowest BCUT2D eigenvalue weighted by atomic mass is 10.2. The van der Waals surface area contributed by atoms with Gasteiger partial charge in [-0.1, -0.05) is 0 Å². The number of anilines is 1. The minimum Gasteiger partial charge on any atom is -0.462 e. The molecule has 2 heterocycles. The molecular weight excluding hydrogens is 432 g/mol. The standard InChI is InChI=1S/C22H22N4O5S/c1-4-26-19(27)18(32-20(26)15(11-23)21(28)30-5-2)12-24-14-7-8-16-13(9-14)10-17(25-16)22(29)31-6-3/h7-10,12,24-25H,4-6H2,1-3H3/b18-12-,20-15+. The fraction of sp³-hybridized carbons (Fsp3) is 0.273. The summed E-state index contributed by atoms with van der Waals surface area (Å²) in [4.78, 5) is 39.8. The van der Waals surface area contributed by atoms with Crippen LogP contribution in [0, 0.1) is 11.3 Å². The van der Waals surface area contributed by atoms with Gasteiger partial charge in [-0.3, -0.25) is 9.36 Å². The van der Waals surface area contributed by atoms with Crippen molar-refractivity contribution < 1.29 is 19.1 Å². The molecule has 9 nitrogen and oxygen atoms in total. The number of H-pyrrole nitrogens is 1. The Balaban J connectivity index is 1.99. The maximum Gasteiger partial charge on any atom is 0.354 e. The minimum absolute atomic E-state index is 0.131. The van der Waals surface area contributed by atoms with Crippen molar-refractivity contribution in [2.24, 2.45) is 0 Å². The van der Waals surface area contributed by atoms with Crippen molar-refractivity contribution in [1.82, 2.24) is 9.55 Å². The van der Waals surface area contributed by atoms with Crippen LogP contribution in [-0.4, -0.2) is 34.7 Å². The quantitative estimate of drug-likeness (QED) is 0.520. The van der Waals surface area contributed by atoms with Gasteiger partial charge in [0.2, 0.25) is 0 Å². The molecule has 0 spiro atoms. The lowest BCUT2D eigenvalue weighted by Crippen LogP contribution is -2.32. The molecule has 0 unspecified atom stereocenters. The van der Waals surface area contributed by atoms with Gasteiger partial charge in [-0.25, -0.2) is 9.59 Å². The predicted octanol–water partition coefficient (Wildman–Crippen LogP) is 1.68. The maximum atomic E-state index is 12.8. The van der Waals surface area contributed by atoms with Crippen LogP contribution < -0.4 is 20.1 Å². The zero-order valence-electron chi connectivity index (χ0n) is 17.9. The highest BCUT2D eigenvalue weighted by atomic mass is 32.1. The molecule has 3 aromatic rings. The molecule has 10 heteroatoms. The Bertz CT molecular complexity index is 1390. The van der Waals surface area contributed by atoms with Crippen molar-refractivity contribution in [1.29, 1.82) is 5.26 Å². The monoisotopic (exact) mass is 454 g/mol. The SMILES string of the molecule is CCOC(=O)/C(C#N)=c1/s/c(=C\Nc2ccc3[nH]c(C(=O)OCC)cc3c2)c(=O)n1CC. The number of nitrogens with zero attached hydrogens (tertiary/aromatic N) is 2. The van der Waals surface area contributed by atoms with E-state index in [0.717, 1.165) is 22.2 Å². The highest BCUT2D eigenvalue weighted by Crippen LogP contribution is 2.20. The lowest BCUT2D eigenvalue weighted by molar-refractivity contribution is -0.136. The molecular formula is C22H22N4O5S. The van der Waals surface area contributed by atoms with Gasteiger partial charge in [-0.15, -0.1) is 11.3 Å². The molecule has 0 fully saturated rings. The first-order chi connectivity index (χ1) is 15.4. The van der Waals surface area contributed by atoms with E-state index in [1.54, 1.807) is 39.0 Å². The van der Waals surface area contributed by atoms with E-state index in [-0.39, 0.29) is 29.0 Å². The van der Waals surface area contributed by atoms with E-state index in [9.17, 15) is 19.6 Å². The van der Waals surface area contributed by atoms with Gasteiger partial charge < -0.3 is 19.8 Å². The van der Waals surface area contributed by atoms with Crippen molar-refractivity contribution in [3.8, 4) is 6.07 Å². The average molecular weight is 455 g/mol. The summed E-state index contributed by atoms with van der Waals surface area (Å²) in [7, 11) is 0. The molecule has 0 aliphatic rings. The van der Waals surface area contributed by atoms with Gasteiger partial charge in [0.1, 0.15) is 21.0 Å². The number of rotatable bonds is 7. The van der Waals surface area contributed by atoms with Crippen LogP contribution in [0.5, 0.6) is 0 Å². The molecule has 2 aromatic heterocycles. The molecule has 3 rings (SSSR count). The number of aromatic nitrogens is 2. The third kappa shape index (κ3) is 4.58. The van der Waals surface area contributed by atoms with E-state index in [1.165, 1.54) is 10.8 Å². The first-order valence-corrected chi connectivity index (χ1v) is 10.8. The molecule has 0 aliphatic carbocycles. The van der Waals surface area contributed by atoms with Gasteiger partial charge in [-0.05, 0) is 45.0 Å². The Morgan fingerprint density at radius 1 is 1.22 bits per heavy atom. The molecule has 0 atom stereocenters. The van der Waals surface area contributed by atoms with Crippen molar-refractivity contribution in [3.05, 3.63) is 49.5 Å². The van der Waals surface area contributed by atoms with Gasteiger partial charge in [0.15, 0.2) is 5.57 Å². The number of nitriles is 1. The number of nitrogens with one attached hydrogen (secondary N) is 2. The number of ether oxygens (including phenoxy) is 2. The molecule has 1 aromatic carbocycles. The van der Waals surface area contributed by atoms with E-state index < -0.39 is 11.9 Å². The Morgan fingerprint density at radius 2 is 1.97 bits per heavy atom. The summed E-state index contributed by atoms with van der Waals surface area (Å²) in [5.41, 5.74) is 1.31. The highest BCUT2D eigenvalue weighted by molar-refractivity contribution is 7.07. The maximum absolute atomic E-state index is 12.8. The van der Waals surface area contributed by atoms with Crippen LogP contribution in [0.15, 0.2) is 29.1 Å². The fourth-order valence-electron chi connectivity index (χ4n) is 3.07. The first-order valence-electron chi connectivity index (χ1n) is 10.0. The second kappa shape index (κ2) is 9.98. The second-order valence-electron chi connectivity index (χ2n) is 6.52. The summed E-state index contributed by atoms with van der Waals surface area (Å²) in [6.07, 6.45) is 1.53. The topological polar surface area (TPSA) is 126 Å². The lowest BCUT2D eigenvalue weighted by Gasteiger charge is -2.00. The summed E-state index contributed by atoms with van der Waals surface area (Å²) >= 11 is 1.04. The van der Waals surface area contributed by atoms with Gasteiger partial charge in [0, 0.05) is 29.3 Å². The van der Waals surface area contributed by atoms with Gasteiger partial charge in [-0.2, -0.15) is 5.26 Å². The molecule has 0 radical (unpaired) electrons. The van der Waals surface area contributed by atoms with E-state index in [2.05, 4.69) is 10.3 Å². The number of esters is 2. The zero-order valence-corrected chi connectivity index (χ0v) is 18.7. The summed E-state index contributed by atoms with van der Waals surface area (Å²) < 4.78 is 11.9. The normalized spacial score (nSPS) is 12.4. The Kier molecular flexibility index (Phi) is 7.12. The van der Waals surface area contributed by atoms with E-state index in [1.807, 2.05) is 12.1 Å². The number of carbonyl (C=O) groups is 2. The smallest absolute Gasteiger partial charge is 0.354 e. The fourth-order valence-corrected chi connectivity index (χ4v) is 4.14. The van der Waals surface area contributed by atoms with E-state index in [0.29, 0.717) is 22.5 Å². The molecule has 0 saturated carbocycles. The van der Waals surface area contributed by atoms with E-state index in [4.69, 9.17) is 9.47 Å². The molecule has 0 amide bonds. The molecule has 2 N–H and O–H groups in total. The molecule has 32 heavy (non-hydrogen) atoms. The number of hydrogen-bond acceptors (Lipinski definition) is 8. The predicted molar refractivity (Wildman–Crippen MR) is 121 cm³/mol. The number of thiazole rings is 1. The number of carbonyl (C=O) groups excluding carboxylic acids is 2.